The summed E-state index contributed by atoms with van der Waals surface area (Å²) in [6.07, 6.45) is 0. The van der Waals surface area contributed by atoms with Crippen molar-refractivity contribution in [1.82, 2.24) is 0 Å². The minimum absolute atomic E-state index is 0. The zero-order chi connectivity index (χ0) is 17.0. The van der Waals surface area contributed by atoms with Crippen LogP contribution in [0.3, 0.4) is 0 Å². The van der Waals surface area contributed by atoms with Gasteiger partial charge in [0.25, 0.3) is 0 Å². The molecule has 33 heavy (non-hydrogen) atoms. The Kier molecular flexibility index (Phi) is 226. The summed E-state index contributed by atoms with van der Waals surface area (Å²) >= 11 is 14.2. The van der Waals surface area contributed by atoms with Gasteiger partial charge in [0, 0.05) is 5.02 Å². The summed E-state index contributed by atoms with van der Waals surface area (Å²) in [6, 6.07) is 6.23. The average molecular weight is 643 g/mol. The topological polar surface area (TPSA) is 432 Å². The van der Waals surface area contributed by atoms with Crippen LogP contribution in [0.4, 0.5) is 0 Å². The monoisotopic (exact) mass is 642 g/mol. The van der Waals surface area contributed by atoms with Gasteiger partial charge in [0.2, 0.25) is 0 Å². The lowest BCUT2D eigenvalue weighted by molar-refractivity contribution is 0.560. The van der Waals surface area contributed by atoms with Gasteiger partial charge in [-0.1, -0.05) is 11.6 Å². The maximum atomic E-state index is 11.9. The third kappa shape index (κ3) is 45.9. The van der Waals surface area contributed by atoms with Crippen LogP contribution in [0.2, 0.25) is 5.02 Å². The van der Waals surface area contributed by atoms with Gasteiger partial charge in [0.05, 0.1) is 9.64 Å². The van der Waals surface area contributed by atoms with Gasteiger partial charge in [-0.3, -0.25) is 0 Å². The molecule has 0 atom stereocenters. The summed E-state index contributed by atoms with van der Waals surface area (Å²) < 4.78 is 46.6. The van der Waals surface area contributed by atoms with E-state index in [1.807, 2.05) is 0 Å². The first-order chi connectivity index (χ1) is 9.25. The molecule has 0 aromatic heterocycles. The molecule has 1 aromatic rings. The maximum Gasteiger partial charge on any atom is 0.197 e. The lowest BCUT2D eigenvalue weighted by Gasteiger charge is -2.19. The number of halogens is 1. The van der Waals surface area contributed by atoms with E-state index in [4.69, 9.17) is 24.2 Å². The van der Waals surface area contributed by atoms with E-state index in [9.17, 15) is 8.42 Å². The number of rotatable bonds is 1. The zero-order valence-corrected chi connectivity index (χ0v) is 23.4. The van der Waals surface area contributed by atoms with E-state index in [1.165, 1.54) is 12.1 Å². The smallest absolute Gasteiger partial charge is 0.197 e. The third-order valence-corrected chi connectivity index (χ3v) is 4.69. The van der Waals surface area contributed by atoms with Gasteiger partial charge in [0.1, 0.15) is 0 Å². The lowest BCUT2D eigenvalue weighted by Crippen LogP contribution is -2.27. The molecule has 16 nitrogen and oxygen atoms in total. The molecule has 1 rings (SSSR count). The van der Waals surface area contributed by atoms with Crippen molar-refractivity contribution in [2.24, 2.45) is 0 Å². The summed E-state index contributed by atoms with van der Waals surface area (Å²) in [5, 5.41) is 0.540. The Morgan fingerprint density at radius 2 is 0.758 bits per heavy atom. The van der Waals surface area contributed by atoms with Crippen molar-refractivity contribution in [1.29, 1.82) is 0 Å². The minimum atomic E-state index is -3.25. The molecule has 0 unspecified atom stereocenters. The van der Waals surface area contributed by atoms with E-state index in [1.54, 1.807) is 32.9 Å². The van der Waals surface area contributed by atoms with Crippen LogP contribution < -0.4 is 0 Å². The number of hydrogen-bond acceptors (Lipinski definition) is 8. The van der Waals surface area contributed by atoms with E-state index in [0.29, 0.717) is 9.92 Å². The molecule has 0 aliphatic rings. The molecular weight excluding hydrogens is 604 g/mol. The third-order valence-electron chi connectivity index (χ3n) is 1.93. The molecule has 22 N–H and O–H groups in total. The van der Waals surface area contributed by atoms with Crippen LogP contribution in [-0.4, -0.2) is 86.0 Å². The Morgan fingerprint density at radius 3 is 0.909 bits per heavy atom. The Labute approximate surface area is 226 Å². The van der Waals surface area contributed by atoms with Crippen molar-refractivity contribution in [2.75, 3.05) is 0 Å². The standard InChI is InChI=1S/C10H13ClO2S.3OS.11H2O.2H2S/c1-10(2,3)14(12,13)9-6-4-8(11)5-7-9;3*1-2;;;;;;;;;;;;;/h4-7H,1-3H3;;;;13*1H2. The van der Waals surface area contributed by atoms with Crippen LogP contribution in [0.5, 0.6) is 0 Å². The number of hydrogen-bond donors (Lipinski definition) is 0. The number of sulfone groups is 1. The second-order valence-corrected chi connectivity index (χ2v) is 7.21. The van der Waals surface area contributed by atoms with Crippen LogP contribution in [-0.2, 0) is 47.4 Å². The fourth-order valence-electron chi connectivity index (χ4n) is 0.967. The normalized spacial score (nSPS) is 5.82. The Balaban J connectivity index is -0.0000000101. The van der Waals surface area contributed by atoms with Gasteiger partial charge in [-0.25, -0.2) is 8.42 Å². The second kappa shape index (κ2) is 63.5. The van der Waals surface area contributed by atoms with Crippen molar-refractivity contribution in [3.8, 4) is 0 Å². The van der Waals surface area contributed by atoms with Gasteiger partial charge >= 0.3 is 0 Å². The molecule has 0 fully saturated rings. The van der Waals surface area contributed by atoms with E-state index in [-0.39, 0.29) is 87.2 Å². The molecule has 23 heteroatoms. The maximum absolute atomic E-state index is 11.9. The van der Waals surface area contributed by atoms with Crippen molar-refractivity contribution >= 4 is 86.0 Å². The SMILES string of the molecule is CC(C)(C)S(=O)(=O)c1ccc(Cl)cc1.O.O.O.O.O.O.O.O.O.O.O.O=S.O=S.O=S.S.S. The van der Waals surface area contributed by atoms with Crippen LogP contribution in [0.25, 0.3) is 0 Å². The summed E-state index contributed by atoms with van der Waals surface area (Å²) in [4.78, 5) is 0.314. The second-order valence-electron chi connectivity index (χ2n) is 4.07. The van der Waals surface area contributed by atoms with E-state index < -0.39 is 14.6 Å². The van der Waals surface area contributed by atoms with Gasteiger partial charge in [-0.05, 0) is 45.0 Å². The van der Waals surface area contributed by atoms with Gasteiger partial charge in [0.15, 0.2) is 47.4 Å². The summed E-state index contributed by atoms with van der Waals surface area (Å²) in [5.41, 5.74) is 0. The van der Waals surface area contributed by atoms with Crippen molar-refractivity contribution in [3.05, 3.63) is 29.3 Å². The Hall–Kier alpha value is -0.220. The highest BCUT2D eigenvalue weighted by Crippen LogP contribution is 2.25. The molecule has 0 aliphatic heterocycles. The van der Waals surface area contributed by atoms with Crippen molar-refractivity contribution in [2.45, 2.75) is 30.4 Å². The fraction of sp³-hybridized carbons (Fsp3) is 0.400. The average Bonchev–Trinajstić information content (AvgIpc) is 2.45. The van der Waals surface area contributed by atoms with Crippen LogP contribution >= 0.6 is 38.6 Å². The minimum Gasteiger partial charge on any atom is -0.412 e. The largest absolute Gasteiger partial charge is 0.412 e. The molecule has 0 saturated heterocycles. The molecule has 0 radical (unpaired) electrons. The van der Waals surface area contributed by atoms with E-state index in [2.05, 4.69) is 37.6 Å². The van der Waals surface area contributed by atoms with Crippen LogP contribution in [0.15, 0.2) is 29.2 Å². The molecule has 1 aromatic carbocycles. The van der Waals surface area contributed by atoms with Gasteiger partial charge in [-0.15, -0.1) is 0 Å². The predicted octanol–water partition coefficient (Wildman–Crippen LogP) is -6.94. The summed E-state index contributed by atoms with van der Waals surface area (Å²) in [6.45, 7) is 5.03. The number of benzene rings is 1. The molecule has 0 heterocycles. The summed E-state index contributed by atoms with van der Waals surface area (Å²) in [5.74, 6) is 0. The molecule has 0 spiro atoms. The molecule has 0 bridgehead atoms. The first-order valence-electron chi connectivity index (χ1n) is 4.75. The highest BCUT2D eigenvalue weighted by atomic mass is 35.5. The van der Waals surface area contributed by atoms with Crippen molar-refractivity contribution < 1.29 is 81.3 Å². The predicted molar refractivity (Wildman–Crippen MR) is 143 cm³/mol. The molecule has 0 saturated carbocycles. The van der Waals surface area contributed by atoms with Gasteiger partial charge in [-0.2, -0.15) is 39.6 Å². The first-order valence-corrected chi connectivity index (χ1v) is 7.61. The highest BCUT2D eigenvalue weighted by molar-refractivity contribution is 7.92. The lowest BCUT2D eigenvalue weighted by atomic mass is 10.3. The Bertz CT molecular complexity index is 485. The van der Waals surface area contributed by atoms with Crippen LogP contribution in [0, 0.1) is 0 Å². The Morgan fingerprint density at radius 1 is 0.576 bits per heavy atom. The van der Waals surface area contributed by atoms with E-state index >= 15 is 0 Å². The quantitative estimate of drug-likeness (QED) is 0.282. The molecule has 0 aliphatic carbocycles. The zero-order valence-electron chi connectivity index (χ0n) is 17.4. The summed E-state index contributed by atoms with van der Waals surface area (Å²) in [7, 11) is -3.25. The molecule has 0 amide bonds. The van der Waals surface area contributed by atoms with Crippen LogP contribution in [0.1, 0.15) is 20.8 Å². The molecular formula is C10H39ClO16S6. The fourth-order valence-corrected chi connectivity index (χ4v) is 2.29. The molecule has 218 valence electrons. The van der Waals surface area contributed by atoms with Crippen molar-refractivity contribution in [3.63, 3.8) is 0 Å². The highest BCUT2D eigenvalue weighted by Gasteiger charge is 2.30. The van der Waals surface area contributed by atoms with E-state index in [0.717, 1.165) is 0 Å². The first kappa shape index (κ1) is 118. The van der Waals surface area contributed by atoms with Gasteiger partial charge < -0.3 is 60.2 Å².